The Balaban J connectivity index is 2.04. The van der Waals surface area contributed by atoms with Gasteiger partial charge in [0.1, 0.15) is 6.54 Å². The average molecular weight is 263 g/mol. The number of carbonyl (C=O) groups is 1. The van der Waals surface area contributed by atoms with Crippen LogP contribution in [0, 0.1) is 0 Å². The third kappa shape index (κ3) is 3.18. The zero-order valence-corrected chi connectivity index (χ0v) is 10.2. The van der Waals surface area contributed by atoms with Crippen LogP contribution in [0.25, 0.3) is 0 Å². The van der Waals surface area contributed by atoms with Crippen molar-refractivity contribution in [2.24, 2.45) is 0 Å². The lowest BCUT2D eigenvalue weighted by atomic mass is 10.2. The van der Waals surface area contributed by atoms with Crippen molar-refractivity contribution < 1.29 is 4.79 Å². The van der Waals surface area contributed by atoms with E-state index in [1.165, 1.54) is 0 Å². The van der Waals surface area contributed by atoms with E-state index in [0.29, 0.717) is 0 Å². The molecule has 0 spiro atoms. The summed E-state index contributed by atoms with van der Waals surface area (Å²) in [7, 11) is 0. The van der Waals surface area contributed by atoms with Gasteiger partial charge in [-0.3, -0.25) is 24.6 Å². The molecule has 0 saturated carbocycles. The molecular formula is C11H13N5O3. The largest absolute Gasteiger partial charge is 0.348 e. The molecule has 0 fully saturated rings. The number of aromatic nitrogens is 4. The maximum atomic E-state index is 11.8. The SMILES string of the molecule is CC(NC(=O)Cn1[nH]c(=O)ccc1=O)c1cn[nH]c1. The molecule has 0 bridgehead atoms. The molecule has 2 aromatic rings. The van der Waals surface area contributed by atoms with Gasteiger partial charge in [-0.2, -0.15) is 5.10 Å². The first kappa shape index (κ1) is 12.8. The smallest absolute Gasteiger partial charge is 0.265 e. The van der Waals surface area contributed by atoms with Gasteiger partial charge in [-0.05, 0) is 6.92 Å². The van der Waals surface area contributed by atoms with Gasteiger partial charge in [-0.15, -0.1) is 0 Å². The molecule has 2 heterocycles. The summed E-state index contributed by atoms with van der Waals surface area (Å²) in [6.45, 7) is 1.55. The van der Waals surface area contributed by atoms with E-state index in [4.69, 9.17) is 0 Å². The first-order valence-electron chi connectivity index (χ1n) is 5.64. The zero-order valence-electron chi connectivity index (χ0n) is 10.2. The summed E-state index contributed by atoms with van der Waals surface area (Å²) in [5.41, 5.74) is -0.0525. The van der Waals surface area contributed by atoms with E-state index >= 15 is 0 Å². The normalized spacial score (nSPS) is 12.1. The molecule has 0 aliphatic heterocycles. The number of amides is 1. The molecule has 3 N–H and O–H groups in total. The Morgan fingerprint density at radius 2 is 2.26 bits per heavy atom. The minimum absolute atomic E-state index is 0.239. The summed E-state index contributed by atoms with van der Waals surface area (Å²) in [5, 5.41) is 11.4. The number of aromatic amines is 2. The van der Waals surface area contributed by atoms with Crippen LogP contribution in [0.5, 0.6) is 0 Å². The minimum atomic E-state index is -0.439. The minimum Gasteiger partial charge on any atom is -0.348 e. The van der Waals surface area contributed by atoms with Gasteiger partial charge < -0.3 is 5.32 Å². The fourth-order valence-corrected chi connectivity index (χ4v) is 1.59. The second-order valence-electron chi connectivity index (χ2n) is 4.05. The molecule has 0 aliphatic rings. The van der Waals surface area contributed by atoms with Crippen molar-refractivity contribution in [3.63, 3.8) is 0 Å². The quantitative estimate of drug-likeness (QED) is 0.666. The highest BCUT2D eigenvalue weighted by molar-refractivity contribution is 5.76. The summed E-state index contributed by atoms with van der Waals surface area (Å²) >= 11 is 0. The van der Waals surface area contributed by atoms with Gasteiger partial charge in [0.05, 0.1) is 12.2 Å². The molecule has 2 rings (SSSR count). The third-order valence-electron chi connectivity index (χ3n) is 2.59. The van der Waals surface area contributed by atoms with Crippen LogP contribution in [-0.4, -0.2) is 25.9 Å². The molecule has 100 valence electrons. The van der Waals surface area contributed by atoms with Crippen molar-refractivity contribution in [3.05, 3.63) is 50.8 Å². The summed E-state index contributed by atoms with van der Waals surface area (Å²) < 4.78 is 0.958. The Labute approximate surface area is 107 Å². The standard InChI is InChI=1S/C11H13N5O3/c1-7(8-4-12-13-5-8)14-10(18)6-16-11(19)3-2-9(17)15-16/h2-5,7H,6H2,1H3,(H,12,13)(H,14,18)(H,15,17). The highest BCUT2D eigenvalue weighted by Gasteiger charge is 2.11. The van der Waals surface area contributed by atoms with Crippen LogP contribution in [-0.2, 0) is 11.3 Å². The number of H-pyrrole nitrogens is 2. The Morgan fingerprint density at radius 1 is 1.47 bits per heavy atom. The number of hydrogen-bond acceptors (Lipinski definition) is 4. The lowest BCUT2D eigenvalue weighted by Crippen LogP contribution is -2.36. The Morgan fingerprint density at radius 3 is 2.95 bits per heavy atom. The number of rotatable bonds is 4. The highest BCUT2D eigenvalue weighted by Crippen LogP contribution is 2.08. The Hall–Kier alpha value is -2.64. The van der Waals surface area contributed by atoms with E-state index in [9.17, 15) is 14.4 Å². The second-order valence-corrected chi connectivity index (χ2v) is 4.05. The maximum Gasteiger partial charge on any atom is 0.265 e. The fraction of sp³-hybridized carbons (Fsp3) is 0.273. The Bertz CT molecular complexity index is 670. The molecule has 0 aliphatic carbocycles. The lowest BCUT2D eigenvalue weighted by Gasteiger charge is -2.12. The van der Waals surface area contributed by atoms with Crippen LogP contribution in [0.3, 0.4) is 0 Å². The third-order valence-corrected chi connectivity index (χ3v) is 2.59. The van der Waals surface area contributed by atoms with E-state index < -0.39 is 11.1 Å². The van der Waals surface area contributed by atoms with Gasteiger partial charge in [0.15, 0.2) is 0 Å². The Kier molecular flexibility index (Phi) is 3.60. The van der Waals surface area contributed by atoms with Crippen LogP contribution in [0.1, 0.15) is 18.5 Å². The number of carbonyl (C=O) groups excluding carboxylic acids is 1. The molecule has 8 heteroatoms. The number of hydrogen-bond donors (Lipinski definition) is 3. The van der Waals surface area contributed by atoms with Crippen molar-refractivity contribution >= 4 is 5.91 Å². The molecule has 19 heavy (non-hydrogen) atoms. The molecule has 0 aromatic carbocycles. The monoisotopic (exact) mass is 263 g/mol. The molecular weight excluding hydrogens is 250 g/mol. The van der Waals surface area contributed by atoms with Gasteiger partial charge in [0.25, 0.3) is 11.1 Å². The molecule has 2 aromatic heterocycles. The first-order valence-corrected chi connectivity index (χ1v) is 5.64. The van der Waals surface area contributed by atoms with Crippen molar-refractivity contribution in [1.29, 1.82) is 0 Å². The van der Waals surface area contributed by atoms with Crippen LogP contribution in [0.15, 0.2) is 34.1 Å². The van der Waals surface area contributed by atoms with Gasteiger partial charge in [-0.25, -0.2) is 4.68 Å². The van der Waals surface area contributed by atoms with Crippen LogP contribution in [0.4, 0.5) is 0 Å². The summed E-state index contributed by atoms with van der Waals surface area (Å²) in [6, 6.07) is 1.99. The zero-order chi connectivity index (χ0) is 13.8. The first-order chi connectivity index (χ1) is 9.06. The summed E-state index contributed by atoms with van der Waals surface area (Å²) in [4.78, 5) is 34.3. The van der Waals surface area contributed by atoms with E-state index in [1.54, 1.807) is 19.3 Å². The van der Waals surface area contributed by atoms with Crippen molar-refractivity contribution in [2.45, 2.75) is 19.5 Å². The van der Waals surface area contributed by atoms with Crippen LogP contribution < -0.4 is 16.4 Å². The molecule has 1 unspecified atom stereocenters. The fourth-order valence-electron chi connectivity index (χ4n) is 1.59. The van der Waals surface area contributed by atoms with Gasteiger partial charge >= 0.3 is 0 Å². The second kappa shape index (κ2) is 5.34. The van der Waals surface area contributed by atoms with Crippen molar-refractivity contribution in [1.82, 2.24) is 25.3 Å². The maximum absolute atomic E-state index is 11.8. The predicted octanol–water partition coefficient (Wildman–Crippen LogP) is -0.863. The van der Waals surface area contributed by atoms with Gasteiger partial charge in [0.2, 0.25) is 5.91 Å². The van der Waals surface area contributed by atoms with E-state index in [2.05, 4.69) is 20.6 Å². The molecule has 0 saturated heterocycles. The van der Waals surface area contributed by atoms with Crippen LogP contribution in [0.2, 0.25) is 0 Å². The molecule has 1 atom stereocenters. The number of nitrogens with one attached hydrogen (secondary N) is 3. The van der Waals surface area contributed by atoms with Crippen molar-refractivity contribution in [3.8, 4) is 0 Å². The van der Waals surface area contributed by atoms with E-state index in [1.807, 2.05) is 0 Å². The molecule has 1 amide bonds. The highest BCUT2D eigenvalue weighted by atomic mass is 16.2. The summed E-state index contributed by atoms with van der Waals surface area (Å²) in [5.74, 6) is -0.377. The van der Waals surface area contributed by atoms with Crippen LogP contribution >= 0.6 is 0 Å². The van der Waals surface area contributed by atoms with E-state index in [-0.39, 0.29) is 18.5 Å². The predicted molar refractivity (Wildman–Crippen MR) is 66.5 cm³/mol. The lowest BCUT2D eigenvalue weighted by molar-refractivity contribution is -0.122. The van der Waals surface area contributed by atoms with Gasteiger partial charge in [-0.1, -0.05) is 0 Å². The molecule has 0 radical (unpaired) electrons. The summed E-state index contributed by atoms with van der Waals surface area (Å²) in [6.07, 6.45) is 3.27. The van der Waals surface area contributed by atoms with Crippen molar-refractivity contribution in [2.75, 3.05) is 0 Å². The number of nitrogens with zero attached hydrogens (tertiary/aromatic N) is 2. The molecule has 8 nitrogen and oxygen atoms in total. The van der Waals surface area contributed by atoms with Gasteiger partial charge in [0, 0.05) is 23.9 Å². The van der Waals surface area contributed by atoms with E-state index in [0.717, 1.165) is 22.4 Å². The topological polar surface area (TPSA) is 113 Å². The average Bonchev–Trinajstić information content (AvgIpc) is 2.87.